The standard InChI is InChI=1S/C20H13F3N2O3S3/c21-20(22,23)13-3-1-2-11(6-13)9-29-18-24-25-19(31-18)30-10-12-7-17(27)28-16-8-14(26)4-5-15(12)16/h1-8,26H,9-10H2. The molecule has 4 rings (SSSR count). The summed E-state index contributed by atoms with van der Waals surface area (Å²) in [6.07, 6.45) is -4.37. The van der Waals surface area contributed by atoms with Crippen molar-refractivity contribution in [2.45, 2.75) is 26.4 Å². The summed E-state index contributed by atoms with van der Waals surface area (Å²) in [6.45, 7) is 0. The summed E-state index contributed by atoms with van der Waals surface area (Å²) in [4.78, 5) is 11.8. The summed E-state index contributed by atoms with van der Waals surface area (Å²) in [5, 5.41) is 18.5. The monoisotopic (exact) mass is 482 g/mol. The molecule has 0 fully saturated rings. The zero-order valence-corrected chi connectivity index (χ0v) is 18.0. The van der Waals surface area contributed by atoms with Crippen LogP contribution in [0.5, 0.6) is 5.75 Å². The molecule has 2 heterocycles. The van der Waals surface area contributed by atoms with Gasteiger partial charge in [-0.1, -0.05) is 53.1 Å². The first-order valence-electron chi connectivity index (χ1n) is 8.79. The normalized spacial score (nSPS) is 11.8. The molecule has 1 N–H and O–H groups in total. The Morgan fingerprint density at radius 3 is 2.48 bits per heavy atom. The van der Waals surface area contributed by atoms with Crippen molar-refractivity contribution >= 4 is 45.8 Å². The van der Waals surface area contributed by atoms with Gasteiger partial charge in [-0.3, -0.25) is 0 Å². The second-order valence-corrected chi connectivity index (χ2v) is 9.80. The van der Waals surface area contributed by atoms with Crippen LogP contribution >= 0.6 is 34.9 Å². The number of phenolic OH excluding ortho intramolecular Hbond substituents is 1. The molecule has 0 unspecified atom stereocenters. The molecule has 0 aliphatic rings. The van der Waals surface area contributed by atoms with E-state index in [4.69, 9.17) is 4.42 Å². The quantitative estimate of drug-likeness (QED) is 0.269. The molecule has 2 aromatic heterocycles. The highest BCUT2D eigenvalue weighted by Gasteiger charge is 2.30. The summed E-state index contributed by atoms with van der Waals surface area (Å²) in [5.74, 6) is 0.795. The van der Waals surface area contributed by atoms with Crippen molar-refractivity contribution in [3.05, 3.63) is 75.6 Å². The molecular weight excluding hydrogens is 469 g/mol. The first-order valence-corrected chi connectivity index (χ1v) is 11.6. The van der Waals surface area contributed by atoms with E-state index < -0.39 is 17.4 Å². The molecule has 0 aliphatic heterocycles. The van der Waals surface area contributed by atoms with E-state index in [1.54, 1.807) is 12.1 Å². The Bertz CT molecular complexity index is 1290. The van der Waals surface area contributed by atoms with Crippen LogP contribution in [0, 0.1) is 0 Å². The molecule has 4 aromatic rings. The number of hydrogen-bond acceptors (Lipinski definition) is 8. The number of nitrogens with zero attached hydrogens (tertiary/aromatic N) is 2. The van der Waals surface area contributed by atoms with Crippen LogP contribution in [0.2, 0.25) is 0 Å². The highest BCUT2D eigenvalue weighted by atomic mass is 32.2. The zero-order chi connectivity index (χ0) is 22.0. The molecule has 0 spiro atoms. The van der Waals surface area contributed by atoms with E-state index in [2.05, 4.69) is 10.2 Å². The molecule has 0 saturated heterocycles. The minimum absolute atomic E-state index is 0.00649. The van der Waals surface area contributed by atoms with Gasteiger partial charge in [0.2, 0.25) is 0 Å². The average Bonchev–Trinajstić information content (AvgIpc) is 3.17. The maximum absolute atomic E-state index is 12.8. The molecule has 0 saturated carbocycles. The van der Waals surface area contributed by atoms with Gasteiger partial charge in [-0.15, -0.1) is 10.2 Å². The summed E-state index contributed by atoms with van der Waals surface area (Å²) in [7, 11) is 0. The van der Waals surface area contributed by atoms with Gasteiger partial charge in [0.15, 0.2) is 8.68 Å². The SMILES string of the molecule is O=c1cc(CSc2nnc(SCc3cccc(C(F)(F)F)c3)s2)c2ccc(O)cc2o1. The number of hydrogen-bond donors (Lipinski definition) is 1. The number of rotatable bonds is 6. The largest absolute Gasteiger partial charge is 0.508 e. The Morgan fingerprint density at radius 2 is 1.74 bits per heavy atom. The van der Waals surface area contributed by atoms with Crippen LogP contribution in [0.3, 0.4) is 0 Å². The van der Waals surface area contributed by atoms with Gasteiger partial charge in [-0.2, -0.15) is 13.2 Å². The Labute approximate surface area is 186 Å². The van der Waals surface area contributed by atoms with Crippen LogP contribution in [0.1, 0.15) is 16.7 Å². The summed E-state index contributed by atoms with van der Waals surface area (Å²) >= 11 is 4.04. The molecule has 2 aromatic carbocycles. The van der Waals surface area contributed by atoms with Gasteiger partial charge < -0.3 is 9.52 Å². The van der Waals surface area contributed by atoms with E-state index in [-0.39, 0.29) is 5.75 Å². The molecule has 0 atom stereocenters. The molecule has 0 amide bonds. The lowest BCUT2D eigenvalue weighted by Crippen LogP contribution is -2.04. The number of phenols is 1. The van der Waals surface area contributed by atoms with Gasteiger partial charge in [0, 0.05) is 29.0 Å². The lowest BCUT2D eigenvalue weighted by Gasteiger charge is -2.07. The van der Waals surface area contributed by atoms with Crippen LogP contribution in [0.4, 0.5) is 13.2 Å². The number of benzene rings is 2. The van der Waals surface area contributed by atoms with Crippen molar-refractivity contribution in [1.29, 1.82) is 0 Å². The van der Waals surface area contributed by atoms with Gasteiger partial charge in [0.05, 0.1) is 5.56 Å². The van der Waals surface area contributed by atoms with Crippen LogP contribution in [-0.4, -0.2) is 15.3 Å². The van der Waals surface area contributed by atoms with Crippen molar-refractivity contribution < 1.29 is 22.7 Å². The number of alkyl halides is 3. The maximum atomic E-state index is 12.8. The Hall–Kier alpha value is -2.50. The molecule has 5 nitrogen and oxygen atoms in total. The second kappa shape index (κ2) is 8.93. The third kappa shape index (κ3) is 5.41. The first kappa shape index (κ1) is 21.7. The Balaban J connectivity index is 1.41. The maximum Gasteiger partial charge on any atom is 0.416 e. The molecule has 0 aliphatic carbocycles. The number of aromatic hydroxyl groups is 1. The summed E-state index contributed by atoms with van der Waals surface area (Å²) < 4.78 is 44.9. The van der Waals surface area contributed by atoms with Crippen molar-refractivity contribution in [3.8, 4) is 5.75 Å². The number of aromatic nitrogens is 2. The predicted molar refractivity (Wildman–Crippen MR) is 115 cm³/mol. The van der Waals surface area contributed by atoms with Gasteiger partial charge in [0.25, 0.3) is 0 Å². The van der Waals surface area contributed by atoms with Crippen molar-refractivity contribution in [1.82, 2.24) is 10.2 Å². The van der Waals surface area contributed by atoms with Crippen molar-refractivity contribution in [3.63, 3.8) is 0 Å². The molecule has 31 heavy (non-hydrogen) atoms. The summed E-state index contributed by atoms with van der Waals surface area (Å²) in [6, 6.07) is 11.2. The van der Waals surface area contributed by atoms with Crippen LogP contribution in [0.15, 0.2) is 66.4 Å². The van der Waals surface area contributed by atoms with Crippen LogP contribution in [-0.2, 0) is 17.7 Å². The van der Waals surface area contributed by atoms with E-state index in [1.807, 2.05) is 0 Å². The molecule has 11 heteroatoms. The number of halogens is 3. The van der Waals surface area contributed by atoms with E-state index in [0.29, 0.717) is 36.7 Å². The second-order valence-electron chi connectivity index (χ2n) is 6.38. The third-order valence-corrected chi connectivity index (χ3v) is 7.48. The molecular formula is C20H13F3N2O3S3. The predicted octanol–water partition coefficient (Wildman–Crippen LogP) is 5.95. The highest BCUT2D eigenvalue weighted by Crippen LogP contribution is 2.35. The Kier molecular flexibility index (Phi) is 6.26. The van der Waals surface area contributed by atoms with Gasteiger partial charge in [-0.25, -0.2) is 4.79 Å². The minimum Gasteiger partial charge on any atom is -0.508 e. The van der Waals surface area contributed by atoms with E-state index >= 15 is 0 Å². The zero-order valence-electron chi connectivity index (χ0n) is 15.5. The third-order valence-electron chi connectivity index (χ3n) is 4.17. The number of thioether (sulfide) groups is 2. The lowest BCUT2D eigenvalue weighted by atomic mass is 10.1. The highest BCUT2D eigenvalue weighted by molar-refractivity contribution is 8.02. The Morgan fingerprint density at radius 1 is 1.00 bits per heavy atom. The fourth-order valence-corrected chi connectivity index (χ4v) is 5.73. The number of fused-ring (bicyclic) bond motifs is 1. The van der Waals surface area contributed by atoms with Crippen molar-refractivity contribution in [2.75, 3.05) is 0 Å². The minimum atomic E-state index is -4.37. The molecule has 0 bridgehead atoms. The average molecular weight is 483 g/mol. The van der Waals surface area contributed by atoms with Crippen LogP contribution in [0.25, 0.3) is 11.0 Å². The molecule has 0 radical (unpaired) electrons. The lowest BCUT2D eigenvalue weighted by molar-refractivity contribution is -0.137. The van der Waals surface area contributed by atoms with Gasteiger partial charge in [-0.05, 0) is 29.3 Å². The van der Waals surface area contributed by atoms with E-state index in [9.17, 15) is 23.1 Å². The first-order chi connectivity index (χ1) is 14.8. The van der Waals surface area contributed by atoms with Gasteiger partial charge in [0.1, 0.15) is 11.3 Å². The van der Waals surface area contributed by atoms with E-state index in [1.165, 1.54) is 59.1 Å². The van der Waals surface area contributed by atoms with Crippen LogP contribution < -0.4 is 5.63 Å². The topological polar surface area (TPSA) is 76.2 Å². The fourth-order valence-electron chi connectivity index (χ4n) is 2.77. The smallest absolute Gasteiger partial charge is 0.416 e. The fraction of sp³-hybridized carbons (Fsp3) is 0.150. The summed E-state index contributed by atoms with van der Waals surface area (Å²) in [5.41, 5.74) is 0.410. The van der Waals surface area contributed by atoms with Gasteiger partial charge >= 0.3 is 11.8 Å². The molecule has 160 valence electrons. The van der Waals surface area contributed by atoms with Crippen molar-refractivity contribution in [2.24, 2.45) is 0 Å². The van der Waals surface area contributed by atoms with E-state index in [0.717, 1.165) is 17.7 Å².